The third-order valence-electron chi connectivity index (χ3n) is 8.34. The molecule has 0 unspecified atom stereocenters. The van der Waals surface area contributed by atoms with Crippen LogP contribution in [0.25, 0.3) is 11.3 Å². The second kappa shape index (κ2) is 14.9. The van der Waals surface area contributed by atoms with E-state index in [2.05, 4.69) is 26.2 Å². The highest BCUT2D eigenvalue weighted by atomic mass is 19.1. The lowest BCUT2D eigenvalue weighted by Crippen LogP contribution is -2.65. The summed E-state index contributed by atoms with van der Waals surface area (Å²) in [6, 6.07) is 13.6. The van der Waals surface area contributed by atoms with Crippen molar-refractivity contribution in [1.29, 1.82) is 5.26 Å². The van der Waals surface area contributed by atoms with Crippen LogP contribution in [-0.2, 0) is 4.79 Å². The minimum absolute atomic E-state index is 0.0347. The third kappa shape index (κ3) is 8.04. The fraction of sp³-hybridized carbons (Fsp3) is 0.457. The topological polar surface area (TPSA) is 124 Å². The zero-order chi connectivity index (χ0) is 33.6. The monoisotopic (exact) mass is 643 g/mol. The zero-order valence-electron chi connectivity index (χ0n) is 27.4. The molecule has 3 aromatic rings. The van der Waals surface area contributed by atoms with E-state index in [0.29, 0.717) is 61.1 Å². The lowest BCUT2D eigenvalue weighted by atomic mass is 9.61. The van der Waals surface area contributed by atoms with Crippen molar-refractivity contribution in [2.75, 3.05) is 65.4 Å². The van der Waals surface area contributed by atoms with Gasteiger partial charge in [-0.15, -0.1) is 0 Å². The minimum atomic E-state index is -0.419. The van der Waals surface area contributed by atoms with E-state index >= 15 is 0 Å². The van der Waals surface area contributed by atoms with E-state index in [1.807, 2.05) is 45.1 Å². The van der Waals surface area contributed by atoms with Crippen molar-refractivity contribution < 1.29 is 23.5 Å². The first-order valence-corrected chi connectivity index (χ1v) is 15.9. The van der Waals surface area contributed by atoms with Gasteiger partial charge >= 0.3 is 0 Å². The van der Waals surface area contributed by atoms with E-state index in [1.54, 1.807) is 24.4 Å². The van der Waals surface area contributed by atoms with Gasteiger partial charge in [0.25, 0.3) is 5.91 Å². The van der Waals surface area contributed by atoms with Crippen LogP contribution < -0.4 is 19.7 Å². The first kappa shape index (κ1) is 33.8. The molecule has 248 valence electrons. The molecule has 11 nitrogen and oxygen atoms in total. The van der Waals surface area contributed by atoms with Crippen molar-refractivity contribution in [1.82, 2.24) is 25.1 Å². The fourth-order valence-electron chi connectivity index (χ4n) is 6.26. The molecule has 6 rings (SSSR count). The Balaban J connectivity index is 0.00000103. The molecule has 1 aliphatic carbocycles. The molecule has 2 aliphatic heterocycles. The van der Waals surface area contributed by atoms with E-state index in [4.69, 9.17) is 14.5 Å². The van der Waals surface area contributed by atoms with Gasteiger partial charge in [0.05, 0.1) is 35.2 Å². The quantitative estimate of drug-likeness (QED) is 0.309. The first-order valence-electron chi connectivity index (χ1n) is 15.9. The van der Waals surface area contributed by atoms with Crippen LogP contribution in [0.15, 0.2) is 48.7 Å². The number of carbonyl (C=O) groups excluding carboxylic acids is 2. The molecule has 1 N–H and O–H groups in total. The van der Waals surface area contributed by atoms with Crippen LogP contribution in [0.2, 0.25) is 0 Å². The molecule has 12 heteroatoms. The van der Waals surface area contributed by atoms with Crippen molar-refractivity contribution in [3.63, 3.8) is 0 Å². The van der Waals surface area contributed by atoms with Gasteiger partial charge in [-0.25, -0.2) is 14.4 Å². The van der Waals surface area contributed by atoms with E-state index in [1.165, 1.54) is 12.1 Å². The SMILES string of the molecule is CCOc1ncccc1-c1ccc(OC2CC3(C2)CN(c2ccc(F)cc2C#N)C3)c(C(=O)NC2CN(CCC=O)C2)n1.CN(C)C. The number of rotatable bonds is 11. The number of nitrogens with zero attached hydrogens (tertiary/aromatic N) is 6. The molecule has 2 aromatic heterocycles. The van der Waals surface area contributed by atoms with E-state index in [0.717, 1.165) is 37.9 Å². The van der Waals surface area contributed by atoms with Crippen LogP contribution in [0.5, 0.6) is 11.6 Å². The van der Waals surface area contributed by atoms with Gasteiger partial charge in [-0.3, -0.25) is 9.69 Å². The van der Waals surface area contributed by atoms with Crippen molar-refractivity contribution in [2.24, 2.45) is 5.41 Å². The normalized spacial score (nSPS) is 17.0. The van der Waals surface area contributed by atoms with Crippen LogP contribution in [0.3, 0.4) is 0 Å². The van der Waals surface area contributed by atoms with Crippen molar-refractivity contribution >= 4 is 17.9 Å². The molecule has 1 amide bonds. The number of hydrogen-bond donors (Lipinski definition) is 1. The maximum Gasteiger partial charge on any atom is 0.274 e. The fourth-order valence-corrected chi connectivity index (χ4v) is 6.26. The number of benzene rings is 1. The van der Waals surface area contributed by atoms with Gasteiger partial charge in [0.2, 0.25) is 5.88 Å². The van der Waals surface area contributed by atoms with E-state index < -0.39 is 5.82 Å². The lowest BCUT2D eigenvalue weighted by molar-refractivity contribution is -0.108. The van der Waals surface area contributed by atoms with Gasteiger partial charge in [-0.2, -0.15) is 5.26 Å². The molecular weight excluding hydrogens is 601 g/mol. The highest BCUT2D eigenvalue weighted by molar-refractivity contribution is 5.96. The van der Waals surface area contributed by atoms with Crippen molar-refractivity contribution in [3.8, 4) is 29.0 Å². The number of nitrogens with one attached hydrogen (secondary N) is 1. The molecule has 2 saturated heterocycles. The summed E-state index contributed by atoms with van der Waals surface area (Å²) in [6.07, 6.45) is 4.56. The summed E-state index contributed by atoms with van der Waals surface area (Å²) in [4.78, 5) is 39.5. The first-order chi connectivity index (χ1) is 22.6. The zero-order valence-corrected chi connectivity index (χ0v) is 27.4. The molecule has 4 heterocycles. The van der Waals surface area contributed by atoms with Gasteiger partial charge in [-0.1, -0.05) is 0 Å². The molecule has 1 aromatic carbocycles. The number of aromatic nitrogens is 2. The second-order valence-corrected chi connectivity index (χ2v) is 12.8. The molecule has 1 spiro atoms. The van der Waals surface area contributed by atoms with Crippen LogP contribution in [-0.4, -0.2) is 105 Å². The van der Waals surface area contributed by atoms with Gasteiger partial charge in [0, 0.05) is 50.8 Å². The number of pyridine rings is 2. The van der Waals surface area contributed by atoms with Gasteiger partial charge in [0.15, 0.2) is 11.4 Å². The number of aldehydes is 1. The van der Waals surface area contributed by atoms with Crippen LogP contribution in [0, 0.1) is 22.6 Å². The molecule has 0 bridgehead atoms. The number of carbonyl (C=O) groups is 2. The second-order valence-electron chi connectivity index (χ2n) is 12.8. The summed E-state index contributed by atoms with van der Waals surface area (Å²) in [5.74, 6) is 0.125. The van der Waals surface area contributed by atoms with Crippen molar-refractivity contribution in [2.45, 2.75) is 38.3 Å². The van der Waals surface area contributed by atoms with Crippen molar-refractivity contribution in [3.05, 3.63) is 65.7 Å². The Morgan fingerprint density at radius 3 is 2.62 bits per heavy atom. The maximum atomic E-state index is 13.6. The Labute approximate surface area is 275 Å². The number of nitriles is 1. The smallest absolute Gasteiger partial charge is 0.274 e. The molecule has 0 atom stereocenters. The lowest BCUT2D eigenvalue weighted by Gasteiger charge is -2.59. The summed E-state index contributed by atoms with van der Waals surface area (Å²) in [6.45, 7) is 5.89. The molecular formula is C35H42FN7O4. The molecule has 3 fully saturated rings. The summed E-state index contributed by atoms with van der Waals surface area (Å²) >= 11 is 0. The van der Waals surface area contributed by atoms with Crippen LogP contribution in [0.4, 0.5) is 10.1 Å². The van der Waals surface area contributed by atoms with Gasteiger partial charge in [-0.05, 0) is 83.4 Å². The molecule has 1 saturated carbocycles. The molecule has 47 heavy (non-hydrogen) atoms. The number of amides is 1. The van der Waals surface area contributed by atoms with E-state index in [9.17, 15) is 19.2 Å². The number of ether oxygens (including phenoxy) is 2. The summed E-state index contributed by atoms with van der Waals surface area (Å²) in [7, 11) is 6.00. The van der Waals surface area contributed by atoms with Crippen LogP contribution >= 0.6 is 0 Å². The Kier molecular flexibility index (Phi) is 10.7. The number of halogens is 1. The molecule has 3 aliphatic rings. The van der Waals surface area contributed by atoms with Gasteiger partial charge < -0.3 is 29.4 Å². The standard InChI is InChI=1S/C32H33FN6O4.C3H9N/c1-2-42-31-25(5-3-10-35-31)26-7-9-28(29(37-26)30(41)36-23-17-38(18-23)11-4-12-40)43-24-14-32(15-24)19-39(20-32)27-8-6-22(33)13-21(27)16-34;1-4(2)3/h3,5-10,12-13,23-24H,2,4,11,14-15,17-20H2,1H3,(H,36,41);1-3H3. The largest absolute Gasteiger partial charge is 0.488 e. The third-order valence-corrected chi connectivity index (χ3v) is 8.34. The Bertz CT molecular complexity index is 1600. The minimum Gasteiger partial charge on any atom is -0.488 e. The summed E-state index contributed by atoms with van der Waals surface area (Å²) in [5.41, 5.74) is 2.60. The predicted octanol–water partition coefficient (Wildman–Crippen LogP) is 3.78. The number of likely N-dealkylation sites (tertiary alicyclic amines) is 1. The summed E-state index contributed by atoms with van der Waals surface area (Å²) in [5, 5.41) is 12.5. The number of anilines is 1. The average molecular weight is 644 g/mol. The molecule has 0 radical (unpaired) electrons. The Morgan fingerprint density at radius 1 is 1.19 bits per heavy atom. The summed E-state index contributed by atoms with van der Waals surface area (Å²) < 4.78 is 25.7. The number of hydrogen-bond acceptors (Lipinski definition) is 10. The van der Waals surface area contributed by atoms with Gasteiger partial charge in [0.1, 0.15) is 24.3 Å². The highest BCUT2D eigenvalue weighted by Crippen LogP contribution is 2.51. The van der Waals surface area contributed by atoms with Crippen LogP contribution in [0.1, 0.15) is 42.2 Å². The average Bonchev–Trinajstić information content (AvgIpc) is 2.99. The highest BCUT2D eigenvalue weighted by Gasteiger charge is 2.54. The van der Waals surface area contributed by atoms with E-state index in [-0.39, 0.29) is 29.2 Å². The maximum absolute atomic E-state index is 13.6. The Morgan fingerprint density at radius 2 is 1.94 bits per heavy atom. The predicted molar refractivity (Wildman–Crippen MR) is 176 cm³/mol. The Hall–Kier alpha value is -4.60.